The topological polar surface area (TPSA) is 75.7 Å². The molecule has 3 rings (SSSR count). The van der Waals surface area contributed by atoms with E-state index in [2.05, 4.69) is 37.4 Å². The highest BCUT2D eigenvalue weighted by atomic mass is 32.2. The summed E-state index contributed by atoms with van der Waals surface area (Å²) in [7, 11) is -2.11. The second kappa shape index (κ2) is 9.83. The molecule has 0 spiro atoms. The van der Waals surface area contributed by atoms with Crippen molar-refractivity contribution in [2.24, 2.45) is 5.92 Å². The Balaban J connectivity index is 1.71. The maximum atomic E-state index is 13.1. The van der Waals surface area contributed by atoms with Crippen LogP contribution in [0.25, 0.3) is 0 Å². The molecule has 1 fully saturated rings. The van der Waals surface area contributed by atoms with E-state index in [1.807, 2.05) is 6.92 Å². The molecule has 0 aliphatic carbocycles. The van der Waals surface area contributed by atoms with Gasteiger partial charge in [-0.2, -0.15) is 4.31 Å². The summed E-state index contributed by atoms with van der Waals surface area (Å²) in [5.41, 5.74) is 3.49. The maximum Gasteiger partial charge on any atom is 0.243 e. The fourth-order valence-corrected chi connectivity index (χ4v) is 5.49. The van der Waals surface area contributed by atoms with Crippen molar-refractivity contribution >= 4 is 15.9 Å². The Morgan fingerprint density at radius 1 is 1.16 bits per heavy atom. The minimum Gasteiger partial charge on any atom is -0.497 e. The maximum absolute atomic E-state index is 13.1. The Kier molecular flexibility index (Phi) is 7.38. The molecule has 1 aliphatic rings. The molecule has 7 heteroatoms. The molecule has 31 heavy (non-hydrogen) atoms. The first kappa shape index (κ1) is 23.3. The summed E-state index contributed by atoms with van der Waals surface area (Å²) in [6.45, 7) is 6.80. The zero-order chi connectivity index (χ0) is 22.6. The number of hydrogen-bond donors (Lipinski definition) is 1. The Bertz CT molecular complexity index is 1020. The smallest absolute Gasteiger partial charge is 0.243 e. The molecule has 2 atom stereocenters. The predicted octanol–water partition coefficient (Wildman–Crippen LogP) is 3.98. The Hall–Kier alpha value is -2.38. The molecule has 1 aliphatic heterocycles. The average molecular weight is 445 g/mol. The normalized spacial score (nSPS) is 18.4. The number of carbonyl (C=O) groups excluding carboxylic acids is 1. The molecule has 1 heterocycles. The van der Waals surface area contributed by atoms with Gasteiger partial charge in [0.25, 0.3) is 0 Å². The van der Waals surface area contributed by atoms with Crippen LogP contribution < -0.4 is 10.1 Å². The molecule has 0 saturated carbocycles. The van der Waals surface area contributed by atoms with Crippen LogP contribution in [0.1, 0.15) is 48.9 Å². The second-order valence-corrected chi connectivity index (χ2v) is 10.1. The van der Waals surface area contributed by atoms with E-state index >= 15 is 0 Å². The van der Waals surface area contributed by atoms with Crippen molar-refractivity contribution in [3.8, 4) is 5.75 Å². The number of aryl methyl sites for hydroxylation is 2. The van der Waals surface area contributed by atoms with Crippen LogP contribution in [0, 0.1) is 19.8 Å². The minimum absolute atomic E-state index is 0.0830. The molecule has 1 amide bonds. The lowest BCUT2D eigenvalue weighted by Gasteiger charge is -2.32. The van der Waals surface area contributed by atoms with Crippen molar-refractivity contribution in [2.45, 2.75) is 51.0 Å². The van der Waals surface area contributed by atoms with Crippen LogP contribution in [0.15, 0.2) is 47.4 Å². The molecule has 2 aromatic rings. The summed E-state index contributed by atoms with van der Waals surface area (Å²) >= 11 is 0. The van der Waals surface area contributed by atoms with Crippen molar-refractivity contribution in [3.63, 3.8) is 0 Å². The van der Waals surface area contributed by atoms with E-state index in [9.17, 15) is 13.2 Å². The van der Waals surface area contributed by atoms with Crippen LogP contribution in [0.3, 0.4) is 0 Å². The first-order valence-corrected chi connectivity index (χ1v) is 12.2. The van der Waals surface area contributed by atoms with E-state index in [1.54, 1.807) is 31.4 Å². The summed E-state index contributed by atoms with van der Waals surface area (Å²) in [4.78, 5) is 13.3. The van der Waals surface area contributed by atoms with Crippen molar-refractivity contribution in [2.75, 3.05) is 20.2 Å². The van der Waals surface area contributed by atoms with Gasteiger partial charge in [0.2, 0.25) is 15.9 Å². The number of hydrogen-bond acceptors (Lipinski definition) is 4. The Morgan fingerprint density at radius 3 is 2.48 bits per heavy atom. The van der Waals surface area contributed by atoms with Gasteiger partial charge < -0.3 is 10.1 Å². The lowest BCUT2D eigenvalue weighted by molar-refractivity contribution is -0.126. The third-order valence-electron chi connectivity index (χ3n) is 6.11. The number of benzene rings is 2. The molecule has 0 bridgehead atoms. The van der Waals surface area contributed by atoms with Gasteiger partial charge in [-0.3, -0.25) is 4.79 Å². The molecular weight excluding hydrogens is 412 g/mol. The highest BCUT2D eigenvalue weighted by Gasteiger charge is 2.34. The van der Waals surface area contributed by atoms with Gasteiger partial charge in [0.05, 0.1) is 24.0 Å². The number of methoxy groups -OCH3 is 1. The summed E-state index contributed by atoms with van der Waals surface area (Å²) in [6, 6.07) is 12.5. The van der Waals surface area contributed by atoms with E-state index in [0.717, 1.165) is 12.0 Å². The number of carbonyl (C=O) groups is 1. The first-order valence-electron chi connectivity index (χ1n) is 10.8. The van der Waals surface area contributed by atoms with Crippen LogP contribution in [0.5, 0.6) is 5.75 Å². The molecule has 6 nitrogen and oxygen atoms in total. The van der Waals surface area contributed by atoms with E-state index in [4.69, 9.17) is 4.74 Å². The van der Waals surface area contributed by atoms with Crippen molar-refractivity contribution in [3.05, 3.63) is 59.2 Å². The van der Waals surface area contributed by atoms with Gasteiger partial charge in [0.15, 0.2) is 0 Å². The fraction of sp³-hybridized carbons (Fsp3) is 0.458. The van der Waals surface area contributed by atoms with Gasteiger partial charge in [-0.1, -0.05) is 25.1 Å². The largest absolute Gasteiger partial charge is 0.497 e. The van der Waals surface area contributed by atoms with E-state index in [-0.39, 0.29) is 29.3 Å². The highest BCUT2D eigenvalue weighted by molar-refractivity contribution is 7.89. The van der Waals surface area contributed by atoms with E-state index < -0.39 is 10.0 Å². The highest BCUT2D eigenvalue weighted by Crippen LogP contribution is 2.27. The number of amides is 1. The molecule has 0 unspecified atom stereocenters. The summed E-state index contributed by atoms with van der Waals surface area (Å²) < 4.78 is 32.7. The molecule has 0 radical (unpaired) electrons. The molecule has 1 N–H and O–H groups in total. The molecule has 2 aromatic carbocycles. The predicted molar refractivity (Wildman–Crippen MR) is 122 cm³/mol. The van der Waals surface area contributed by atoms with Crippen LogP contribution in [0.4, 0.5) is 0 Å². The third-order valence-corrected chi connectivity index (χ3v) is 7.99. The molecule has 0 aromatic heterocycles. The number of nitrogens with zero attached hydrogens (tertiary/aromatic N) is 1. The molecular formula is C24H32N2O4S. The van der Waals surface area contributed by atoms with Gasteiger partial charge in [0, 0.05) is 13.1 Å². The summed E-state index contributed by atoms with van der Waals surface area (Å²) in [5, 5.41) is 3.15. The first-order chi connectivity index (χ1) is 14.8. The number of piperidine rings is 1. The van der Waals surface area contributed by atoms with Crippen LogP contribution >= 0.6 is 0 Å². The fourth-order valence-electron chi connectivity index (χ4n) is 3.96. The van der Waals surface area contributed by atoms with Crippen molar-refractivity contribution < 1.29 is 17.9 Å². The molecule has 168 valence electrons. The van der Waals surface area contributed by atoms with Gasteiger partial charge in [-0.25, -0.2) is 8.42 Å². The van der Waals surface area contributed by atoms with E-state index in [1.165, 1.54) is 15.4 Å². The Labute approximate surface area is 185 Å². The molecule has 1 saturated heterocycles. The SMILES string of the molecule is CC[C@H](NC(=O)[C@@H]1CCCN(S(=O)(=O)c2ccc(OC)cc2)C1)c1ccc(C)c(C)c1. The van der Waals surface area contributed by atoms with Crippen molar-refractivity contribution in [1.29, 1.82) is 0 Å². The van der Waals surface area contributed by atoms with Crippen molar-refractivity contribution in [1.82, 2.24) is 9.62 Å². The van der Waals surface area contributed by atoms with Gasteiger partial charge in [-0.05, 0) is 74.1 Å². The number of ether oxygens (including phenoxy) is 1. The standard InChI is InChI=1S/C24H32N2O4S/c1-5-23(19-9-8-17(2)18(3)15-19)25-24(27)20-7-6-14-26(16-20)31(28,29)22-12-10-21(30-4)11-13-22/h8-13,15,20,23H,5-7,14,16H2,1-4H3,(H,25,27)/t20-,23+/m1/s1. The lowest BCUT2D eigenvalue weighted by Crippen LogP contribution is -2.46. The number of sulfonamides is 1. The van der Waals surface area contributed by atoms with E-state index in [0.29, 0.717) is 25.1 Å². The average Bonchev–Trinajstić information content (AvgIpc) is 2.79. The summed E-state index contributed by atoms with van der Waals surface area (Å²) in [6.07, 6.45) is 2.12. The second-order valence-electron chi connectivity index (χ2n) is 8.19. The van der Waals surface area contributed by atoms with Crippen LogP contribution in [-0.4, -0.2) is 38.8 Å². The van der Waals surface area contributed by atoms with Gasteiger partial charge >= 0.3 is 0 Å². The third kappa shape index (κ3) is 5.28. The quantitative estimate of drug-likeness (QED) is 0.701. The minimum atomic E-state index is -3.65. The van der Waals surface area contributed by atoms with Crippen LogP contribution in [-0.2, 0) is 14.8 Å². The summed E-state index contributed by atoms with van der Waals surface area (Å²) in [5.74, 6) is 0.161. The number of rotatable bonds is 7. The lowest BCUT2D eigenvalue weighted by atomic mass is 9.96. The van der Waals surface area contributed by atoms with Gasteiger partial charge in [0.1, 0.15) is 5.75 Å². The monoisotopic (exact) mass is 444 g/mol. The Morgan fingerprint density at radius 2 is 1.87 bits per heavy atom. The van der Waals surface area contributed by atoms with Crippen LogP contribution in [0.2, 0.25) is 0 Å². The number of nitrogens with one attached hydrogen (secondary N) is 1. The zero-order valence-electron chi connectivity index (χ0n) is 18.7. The van der Waals surface area contributed by atoms with Gasteiger partial charge in [-0.15, -0.1) is 0 Å². The zero-order valence-corrected chi connectivity index (χ0v) is 19.5.